The smallest absolute Gasteiger partial charge is 0.223 e. The second-order valence-corrected chi connectivity index (χ2v) is 4.88. The molecule has 114 valence electrons. The lowest BCUT2D eigenvalue weighted by Gasteiger charge is -2.11. The van der Waals surface area contributed by atoms with E-state index in [0.717, 1.165) is 13.0 Å². The molecule has 0 fully saturated rings. The SMILES string of the molecule is CN=C(NCCOCCC(C)C)NCc1noc(C)n1. The maximum atomic E-state index is 5.52. The maximum absolute atomic E-state index is 5.52. The van der Waals surface area contributed by atoms with E-state index in [4.69, 9.17) is 9.26 Å². The van der Waals surface area contributed by atoms with Crippen LogP contribution in [0.1, 0.15) is 32.0 Å². The van der Waals surface area contributed by atoms with Gasteiger partial charge in [-0.25, -0.2) is 0 Å². The maximum Gasteiger partial charge on any atom is 0.223 e. The van der Waals surface area contributed by atoms with Crippen LogP contribution < -0.4 is 10.6 Å². The Balaban J connectivity index is 2.11. The van der Waals surface area contributed by atoms with Gasteiger partial charge in [0.1, 0.15) is 0 Å². The molecule has 0 aromatic carbocycles. The number of rotatable bonds is 8. The highest BCUT2D eigenvalue weighted by Gasteiger charge is 2.03. The standard InChI is InChI=1S/C13H25N5O2/c1-10(2)5-7-19-8-6-15-13(14-4)16-9-12-17-11(3)20-18-12/h10H,5-9H2,1-4H3,(H2,14,15,16). The molecule has 0 unspecified atom stereocenters. The number of ether oxygens (including phenoxy) is 1. The summed E-state index contributed by atoms with van der Waals surface area (Å²) in [5, 5.41) is 10.1. The molecule has 0 aliphatic heterocycles. The van der Waals surface area contributed by atoms with E-state index in [2.05, 4.69) is 39.6 Å². The predicted octanol–water partition coefficient (Wildman–Crippen LogP) is 1.11. The first kappa shape index (κ1) is 16.4. The minimum Gasteiger partial charge on any atom is -0.380 e. The molecule has 1 rings (SSSR count). The van der Waals surface area contributed by atoms with Crippen molar-refractivity contribution >= 4 is 5.96 Å². The molecule has 0 atom stereocenters. The second-order valence-electron chi connectivity index (χ2n) is 4.88. The molecule has 0 radical (unpaired) electrons. The van der Waals surface area contributed by atoms with Gasteiger partial charge < -0.3 is 19.9 Å². The van der Waals surface area contributed by atoms with Crippen LogP contribution in [0.5, 0.6) is 0 Å². The van der Waals surface area contributed by atoms with E-state index in [9.17, 15) is 0 Å². The first-order chi connectivity index (χ1) is 9.61. The van der Waals surface area contributed by atoms with Crippen molar-refractivity contribution in [1.82, 2.24) is 20.8 Å². The average molecular weight is 283 g/mol. The molecule has 1 heterocycles. The van der Waals surface area contributed by atoms with Gasteiger partial charge in [-0.05, 0) is 12.3 Å². The molecule has 0 spiro atoms. The molecule has 0 amide bonds. The minimum absolute atomic E-state index is 0.477. The van der Waals surface area contributed by atoms with Gasteiger partial charge in [0, 0.05) is 27.1 Å². The van der Waals surface area contributed by atoms with E-state index < -0.39 is 0 Å². The Hall–Kier alpha value is -1.63. The van der Waals surface area contributed by atoms with Crippen molar-refractivity contribution in [3.8, 4) is 0 Å². The van der Waals surface area contributed by atoms with Crippen molar-refractivity contribution in [2.75, 3.05) is 26.8 Å². The van der Waals surface area contributed by atoms with E-state index in [1.165, 1.54) is 0 Å². The number of hydrogen-bond acceptors (Lipinski definition) is 5. The fourth-order valence-electron chi connectivity index (χ4n) is 1.46. The molecule has 0 aliphatic carbocycles. The fraction of sp³-hybridized carbons (Fsp3) is 0.769. The highest BCUT2D eigenvalue weighted by atomic mass is 16.5. The Kier molecular flexibility index (Phi) is 7.64. The van der Waals surface area contributed by atoms with E-state index in [1.54, 1.807) is 14.0 Å². The highest BCUT2D eigenvalue weighted by molar-refractivity contribution is 5.79. The van der Waals surface area contributed by atoms with Crippen molar-refractivity contribution in [2.24, 2.45) is 10.9 Å². The number of aryl methyl sites for hydroxylation is 1. The number of aliphatic imine (C=N–C) groups is 1. The zero-order valence-corrected chi connectivity index (χ0v) is 12.8. The van der Waals surface area contributed by atoms with Crippen LogP contribution in [-0.2, 0) is 11.3 Å². The number of aromatic nitrogens is 2. The molecule has 0 bridgehead atoms. The molecule has 0 saturated carbocycles. The van der Waals surface area contributed by atoms with Crippen molar-refractivity contribution < 1.29 is 9.26 Å². The molecular formula is C13H25N5O2. The van der Waals surface area contributed by atoms with Crippen LogP contribution in [0.25, 0.3) is 0 Å². The third-order valence-corrected chi connectivity index (χ3v) is 2.59. The van der Waals surface area contributed by atoms with Crippen LogP contribution in [0, 0.1) is 12.8 Å². The quantitative estimate of drug-likeness (QED) is 0.422. The molecule has 1 aromatic heterocycles. The minimum atomic E-state index is 0.477. The summed E-state index contributed by atoms with van der Waals surface area (Å²) in [7, 11) is 1.72. The van der Waals surface area contributed by atoms with Crippen molar-refractivity contribution in [1.29, 1.82) is 0 Å². The van der Waals surface area contributed by atoms with Crippen LogP contribution >= 0.6 is 0 Å². The molecule has 0 aliphatic rings. The van der Waals surface area contributed by atoms with E-state index in [1.807, 2.05) is 0 Å². The number of nitrogens with zero attached hydrogens (tertiary/aromatic N) is 3. The van der Waals surface area contributed by atoms with Gasteiger partial charge in [-0.2, -0.15) is 4.98 Å². The normalized spacial score (nSPS) is 11.9. The van der Waals surface area contributed by atoms with Crippen LogP contribution in [0.4, 0.5) is 0 Å². The topological polar surface area (TPSA) is 84.6 Å². The summed E-state index contributed by atoms with van der Waals surface area (Å²) in [5.74, 6) is 2.54. The van der Waals surface area contributed by atoms with E-state index in [0.29, 0.717) is 43.3 Å². The van der Waals surface area contributed by atoms with Gasteiger partial charge in [-0.15, -0.1) is 0 Å². The Morgan fingerprint density at radius 3 is 2.75 bits per heavy atom. The van der Waals surface area contributed by atoms with Crippen molar-refractivity contribution in [2.45, 2.75) is 33.7 Å². The number of nitrogens with one attached hydrogen (secondary N) is 2. The lowest BCUT2D eigenvalue weighted by atomic mass is 10.1. The van der Waals surface area contributed by atoms with Crippen molar-refractivity contribution in [3.05, 3.63) is 11.7 Å². The van der Waals surface area contributed by atoms with Gasteiger partial charge in [0.15, 0.2) is 11.8 Å². The molecule has 7 heteroatoms. The Labute approximate surface area is 120 Å². The van der Waals surface area contributed by atoms with Crippen LogP contribution in [0.3, 0.4) is 0 Å². The summed E-state index contributed by atoms with van der Waals surface area (Å²) in [6.45, 7) is 8.79. The monoisotopic (exact) mass is 283 g/mol. The summed E-state index contributed by atoms with van der Waals surface area (Å²) in [4.78, 5) is 8.22. The van der Waals surface area contributed by atoms with Crippen molar-refractivity contribution in [3.63, 3.8) is 0 Å². The van der Waals surface area contributed by atoms with Crippen LogP contribution in [0.15, 0.2) is 9.52 Å². The van der Waals surface area contributed by atoms with Gasteiger partial charge >= 0.3 is 0 Å². The lowest BCUT2D eigenvalue weighted by molar-refractivity contribution is 0.128. The van der Waals surface area contributed by atoms with E-state index >= 15 is 0 Å². The Morgan fingerprint density at radius 1 is 1.35 bits per heavy atom. The lowest BCUT2D eigenvalue weighted by Crippen LogP contribution is -2.38. The predicted molar refractivity (Wildman–Crippen MR) is 77.5 cm³/mol. The van der Waals surface area contributed by atoms with Crippen LogP contribution in [-0.4, -0.2) is 42.9 Å². The zero-order valence-electron chi connectivity index (χ0n) is 12.8. The summed E-state index contributed by atoms with van der Waals surface area (Å²) >= 11 is 0. The molecule has 20 heavy (non-hydrogen) atoms. The third-order valence-electron chi connectivity index (χ3n) is 2.59. The van der Waals surface area contributed by atoms with Gasteiger partial charge in [0.2, 0.25) is 5.89 Å². The highest BCUT2D eigenvalue weighted by Crippen LogP contribution is 1.98. The molecule has 0 saturated heterocycles. The summed E-state index contributed by atoms with van der Waals surface area (Å²) in [6.07, 6.45) is 1.09. The van der Waals surface area contributed by atoms with Gasteiger partial charge in [-0.3, -0.25) is 4.99 Å². The van der Waals surface area contributed by atoms with Gasteiger partial charge in [-0.1, -0.05) is 19.0 Å². The fourth-order valence-corrected chi connectivity index (χ4v) is 1.46. The first-order valence-electron chi connectivity index (χ1n) is 6.93. The summed E-state index contributed by atoms with van der Waals surface area (Å²) in [5.41, 5.74) is 0. The van der Waals surface area contributed by atoms with Crippen LogP contribution in [0.2, 0.25) is 0 Å². The van der Waals surface area contributed by atoms with E-state index in [-0.39, 0.29) is 0 Å². The molecule has 2 N–H and O–H groups in total. The number of guanidine groups is 1. The summed E-state index contributed by atoms with van der Waals surface area (Å²) < 4.78 is 10.4. The Morgan fingerprint density at radius 2 is 2.15 bits per heavy atom. The number of hydrogen-bond donors (Lipinski definition) is 2. The molecule has 1 aromatic rings. The Bertz CT molecular complexity index is 403. The largest absolute Gasteiger partial charge is 0.380 e. The third kappa shape index (κ3) is 7.08. The average Bonchev–Trinajstić information content (AvgIpc) is 2.82. The first-order valence-corrected chi connectivity index (χ1v) is 6.93. The molecular weight excluding hydrogens is 258 g/mol. The molecule has 7 nitrogen and oxygen atoms in total. The summed E-state index contributed by atoms with van der Waals surface area (Å²) in [6, 6.07) is 0. The van der Waals surface area contributed by atoms with Gasteiger partial charge in [0.25, 0.3) is 0 Å². The zero-order chi connectivity index (χ0) is 14.8. The van der Waals surface area contributed by atoms with Gasteiger partial charge in [0.05, 0.1) is 13.2 Å². The second kappa shape index (κ2) is 9.30.